The van der Waals surface area contributed by atoms with Gasteiger partial charge in [0.05, 0.1) is 18.0 Å². The smallest absolute Gasteiger partial charge is 0.257 e. The summed E-state index contributed by atoms with van der Waals surface area (Å²) in [7, 11) is 1.58. The third-order valence-corrected chi connectivity index (χ3v) is 6.95. The van der Waals surface area contributed by atoms with Gasteiger partial charge in [0, 0.05) is 34.1 Å². The Morgan fingerprint density at radius 1 is 1.14 bits per heavy atom. The van der Waals surface area contributed by atoms with Crippen LogP contribution < -0.4 is 15.0 Å². The number of aliphatic hydroxyl groups excluding tert-OH is 1. The number of rotatable bonds is 7. The van der Waals surface area contributed by atoms with Crippen LogP contribution in [0.25, 0.3) is 10.4 Å². The Kier molecular flexibility index (Phi) is 7.57. The quantitative estimate of drug-likeness (QED) is 0.285. The number of amides is 2. The normalized spacial score (nSPS) is 17.1. The number of hydrogen-bond donors (Lipinski definition) is 2. The maximum Gasteiger partial charge on any atom is 0.257 e. The van der Waals surface area contributed by atoms with Gasteiger partial charge in [0.25, 0.3) is 11.8 Å². The van der Waals surface area contributed by atoms with Gasteiger partial charge in [-0.2, -0.15) is 0 Å². The molecule has 0 saturated heterocycles. The number of thioether (sulfide) groups is 1. The molecule has 0 fully saturated rings. The first-order chi connectivity index (χ1) is 17.0. The summed E-state index contributed by atoms with van der Waals surface area (Å²) in [5.41, 5.74) is 10.8. The molecule has 0 saturated carbocycles. The highest BCUT2D eigenvalue weighted by atomic mass is 32.2. The Morgan fingerprint density at radius 3 is 2.54 bits per heavy atom. The van der Waals surface area contributed by atoms with E-state index < -0.39 is 17.3 Å². The topological polar surface area (TPSA) is 128 Å². The van der Waals surface area contributed by atoms with Crippen molar-refractivity contribution in [1.29, 1.82) is 0 Å². The summed E-state index contributed by atoms with van der Waals surface area (Å²) in [5.74, 6) is -0.0614. The number of methoxy groups -OCH3 is 1. The van der Waals surface area contributed by atoms with Crippen LogP contribution in [0.15, 0.2) is 82.8 Å². The number of carbonyl (C=O) groups is 2. The Bertz CT molecular complexity index is 1260. The first-order valence-electron chi connectivity index (χ1n) is 10.8. The molecule has 35 heavy (non-hydrogen) atoms. The second kappa shape index (κ2) is 11.0. The van der Waals surface area contributed by atoms with Crippen LogP contribution in [0.3, 0.4) is 0 Å². The molecular weight excluding hydrogens is 466 g/mol. The fraction of sp³-hybridized carbons (Fsp3) is 0.200. The molecule has 2 amide bonds. The van der Waals surface area contributed by atoms with Crippen LogP contribution in [0, 0.1) is 0 Å². The minimum Gasteiger partial charge on any atom is -0.497 e. The molecule has 1 aliphatic rings. The van der Waals surface area contributed by atoms with E-state index in [1.165, 1.54) is 16.7 Å². The van der Waals surface area contributed by atoms with E-state index in [9.17, 15) is 14.7 Å². The first kappa shape index (κ1) is 24.2. The van der Waals surface area contributed by atoms with E-state index in [4.69, 9.17) is 10.3 Å². The van der Waals surface area contributed by atoms with Crippen molar-refractivity contribution >= 4 is 35.0 Å². The molecule has 0 aliphatic carbocycles. The number of benzene rings is 3. The molecule has 3 aromatic rings. The van der Waals surface area contributed by atoms with Crippen molar-refractivity contribution in [3.05, 3.63) is 94.4 Å². The molecule has 9 nitrogen and oxygen atoms in total. The summed E-state index contributed by atoms with van der Waals surface area (Å²) in [6.45, 7) is 0.368. The number of para-hydroxylation sites is 1. The molecule has 10 heteroatoms. The summed E-state index contributed by atoms with van der Waals surface area (Å²) < 4.78 is 5.22. The summed E-state index contributed by atoms with van der Waals surface area (Å²) in [4.78, 5) is 31.0. The fourth-order valence-corrected chi connectivity index (χ4v) is 5.05. The molecule has 4 rings (SSSR count). The van der Waals surface area contributed by atoms with Crippen molar-refractivity contribution in [2.24, 2.45) is 5.11 Å². The van der Waals surface area contributed by atoms with E-state index in [1.54, 1.807) is 43.5 Å². The summed E-state index contributed by atoms with van der Waals surface area (Å²) in [6, 6.07) is 21.0. The molecule has 0 unspecified atom stereocenters. The Morgan fingerprint density at radius 2 is 1.86 bits per heavy atom. The van der Waals surface area contributed by atoms with Gasteiger partial charge in [-0.05, 0) is 47.5 Å². The van der Waals surface area contributed by atoms with Crippen molar-refractivity contribution in [3.63, 3.8) is 0 Å². The van der Waals surface area contributed by atoms with E-state index in [-0.39, 0.29) is 19.0 Å². The summed E-state index contributed by atoms with van der Waals surface area (Å²) in [6.07, 6.45) is -1.27. The van der Waals surface area contributed by atoms with Gasteiger partial charge >= 0.3 is 0 Å². The number of ether oxygens (including phenoxy) is 1. The van der Waals surface area contributed by atoms with Crippen LogP contribution in [0.1, 0.15) is 21.2 Å². The minimum atomic E-state index is -1.27. The highest BCUT2D eigenvalue weighted by molar-refractivity contribution is 7.99. The van der Waals surface area contributed by atoms with Crippen molar-refractivity contribution in [1.82, 2.24) is 5.32 Å². The van der Waals surface area contributed by atoms with Crippen molar-refractivity contribution < 1.29 is 19.4 Å². The molecule has 0 bridgehead atoms. The number of anilines is 1. The average Bonchev–Trinajstić information content (AvgIpc) is 2.99. The zero-order valence-corrected chi connectivity index (χ0v) is 19.7. The van der Waals surface area contributed by atoms with E-state index >= 15 is 0 Å². The molecule has 2 atom stereocenters. The number of carbonyl (C=O) groups excluding carboxylic acids is 2. The lowest BCUT2D eigenvalue weighted by molar-refractivity contribution is -0.126. The standard InChI is InChI=1S/C25H23N5O4S/c1-34-19-12-8-16(9-13-19)23-22(31)25(33)30(20-4-2-3-5-21(20)35-23)15-14-27-24(32)17-6-10-18(11-7-17)28-29-26/h2-13,22-23,31H,14-15H2,1H3,(H,27,32)/t22-,23+/m1/s1. The van der Waals surface area contributed by atoms with E-state index in [2.05, 4.69) is 15.3 Å². The lowest BCUT2D eigenvalue weighted by atomic mass is 10.1. The predicted octanol–water partition coefficient (Wildman–Crippen LogP) is 4.61. The van der Waals surface area contributed by atoms with Gasteiger partial charge in [-0.15, -0.1) is 11.8 Å². The SMILES string of the molecule is COc1ccc([C@@H]2Sc3ccccc3N(CCNC(=O)c3ccc(N=[N+]=[N-])cc3)C(=O)[C@@H]2O)cc1. The highest BCUT2D eigenvalue weighted by Gasteiger charge is 2.37. The molecule has 1 aliphatic heterocycles. The fourth-order valence-electron chi connectivity index (χ4n) is 3.78. The van der Waals surface area contributed by atoms with Crippen LogP contribution in [0.4, 0.5) is 11.4 Å². The van der Waals surface area contributed by atoms with Crippen molar-refractivity contribution in [2.45, 2.75) is 16.2 Å². The van der Waals surface area contributed by atoms with Crippen LogP contribution in [-0.2, 0) is 4.79 Å². The Hall–Kier alpha value is -3.98. The second-order valence-corrected chi connectivity index (χ2v) is 8.89. The molecule has 2 N–H and O–H groups in total. The molecule has 1 heterocycles. The number of nitrogens with zero attached hydrogens (tertiary/aromatic N) is 4. The maximum absolute atomic E-state index is 13.3. The van der Waals surface area contributed by atoms with Crippen molar-refractivity contribution in [2.75, 3.05) is 25.1 Å². The van der Waals surface area contributed by atoms with E-state index in [1.807, 2.05) is 36.4 Å². The van der Waals surface area contributed by atoms with Gasteiger partial charge in [0.2, 0.25) is 0 Å². The van der Waals surface area contributed by atoms with Crippen molar-refractivity contribution in [3.8, 4) is 5.75 Å². The monoisotopic (exact) mass is 489 g/mol. The highest BCUT2D eigenvalue weighted by Crippen LogP contribution is 2.45. The number of aliphatic hydroxyl groups is 1. The van der Waals surface area contributed by atoms with Crippen LogP contribution in [0.5, 0.6) is 5.75 Å². The van der Waals surface area contributed by atoms with E-state index in [0.717, 1.165) is 10.5 Å². The Labute approximate surface area is 206 Å². The van der Waals surface area contributed by atoms with Crippen LogP contribution in [-0.4, -0.2) is 43.2 Å². The lowest BCUT2D eigenvalue weighted by Gasteiger charge is -2.25. The van der Waals surface area contributed by atoms with Gasteiger partial charge in [-0.1, -0.05) is 41.5 Å². The summed E-state index contributed by atoms with van der Waals surface area (Å²) >= 11 is 1.43. The largest absolute Gasteiger partial charge is 0.497 e. The van der Waals surface area contributed by atoms with Gasteiger partial charge in [-0.3, -0.25) is 9.59 Å². The number of fused-ring (bicyclic) bond motifs is 1. The zero-order valence-electron chi connectivity index (χ0n) is 18.9. The molecule has 178 valence electrons. The minimum absolute atomic E-state index is 0.182. The Balaban J connectivity index is 1.50. The summed E-state index contributed by atoms with van der Waals surface area (Å²) in [5, 5.41) is 16.8. The molecule has 0 spiro atoms. The second-order valence-electron chi connectivity index (χ2n) is 7.71. The first-order valence-corrected chi connectivity index (χ1v) is 11.7. The number of nitrogens with one attached hydrogen (secondary N) is 1. The third kappa shape index (κ3) is 5.41. The average molecular weight is 490 g/mol. The van der Waals surface area contributed by atoms with Crippen LogP contribution >= 0.6 is 11.8 Å². The zero-order chi connectivity index (χ0) is 24.8. The molecular formula is C25H23N5O4S. The molecule has 3 aromatic carbocycles. The third-order valence-electron chi connectivity index (χ3n) is 5.57. The number of azide groups is 1. The number of hydrogen-bond acceptors (Lipinski definition) is 6. The van der Waals surface area contributed by atoms with Gasteiger partial charge in [-0.25, -0.2) is 0 Å². The molecule has 0 aromatic heterocycles. The molecule has 0 radical (unpaired) electrons. The van der Waals surface area contributed by atoms with Gasteiger partial charge in [0.1, 0.15) is 11.9 Å². The van der Waals surface area contributed by atoms with E-state index in [0.29, 0.717) is 22.7 Å². The van der Waals surface area contributed by atoms with Gasteiger partial charge < -0.3 is 20.1 Å². The maximum atomic E-state index is 13.3. The predicted molar refractivity (Wildman–Crippen MR) is 134 cm³/mol. The lowest BCUT2D eigenvalue weighted by Crippen LogP contribution is -2.44. The van der Waals surface area contributed by atoms with Crippen LogP contribution in [0.2, 0.25) is 0 Å². The van der Waals surface area contributed by atoms with Gasteiger partial charge in [0.15, 0.2) is 0 Å².